The van der Waals surface area contributed by atoms with Crippen LogP contribution in [0, 0.1) is 0 Å². The number of ether oxygens (including phenoxy) is 1. The topological polar surface area (TPSA) is 48.9 Å². The van der Waals surface area contributed by atoms with Crippen molar-refractivity contribution in [1.82, 2.24) is 15.5 Å². The van der Waals surface area contributed by atoms with Crippen LogP contribution in [-0.4, -0.2) is 50.2 Å². The van der Waals surface area contributed by atoms with E-state index < -0.39 is 6.61 Å². The van der Waals surface area contributed by atoms with E-state index in [1.807, 2.05) is 6.92 Å². The third-order valence-electron chi connectivity index (χ3n) is 3.58. The number of benzene rings is 1. The molecule has 144 valence electrons. The summed E-state index contributed by atoms with van der Waals surface area (Å²) in [5, 5.41) is 6.39. The SMILES string of the molecule is CCNC(=NCc1ccccc1OC(F)F)NCCN(C)C(C)C.I. The summed E-state index contributed by atoms with van der Waals surface area (Å²) in [7, 11) is 2.06. The molecular weight excluding hydrogens is 441 g/mol. The summed E-state index contributed by atoms with van der Waals surface area (Å²) in [6.45, 7) is 6.03. The molecule has 0 saturated heterocycles. The number of hydrogen-bond donors (Lipinski definition) is 2. The average molecular weight is 470 g/mol. The molecule has 0 heterocycles. The van der Waals surface area contributed by atoms with E-state index >= 15 is 0 Å². The van der Waals surface area contributed by atoms with E-state index in [2.05, 4.69) is 46.2 Å². The first-order valence-electron chi connectivity index (χ1n) is 8.19. The lowest BCUT2D eigenvalue weighted by Crippen LogP contribution is -2.42. The molecule has 0 aliphatic carbocycles. The Labute approximate surface area is 166 Å². The molecule has 0 bridgehead atoms. The predicted octanol–water partition coefficient (Wildman–Crippen LogP) is 3.30. The Kier molecular flexibility index (Phi) is 12.5. The van der Waals surface area contributed by atoms with E-state index in [0.717, 1.165) is 19.6 Å². The highest BCUT2D eigenvalue weighted by Crippen LogP contribution is 2.20. The van der Waals surface area contributed by atoms with Crippen LogP contribution >= 0.6 is 24.0 Å². The smallest absolute Gasteiger partial charge is 0.387 e. The van der Waals surface area contributed by atoms with Crippen molar-refractivity contribution in [3.05, 3.63) is 29.8 Å². The Bertz CT molecular complexity index is 515. The maximum Gasteiger partial charge on any atom is 0.387 e. The number of para-hydroxylation sites is 1. The number of nitrogens with one attached hydrogen (secondary N) is 2. The van der Waals surface area contributed by atoms with Crippen LogP contribution < -0.4 is 15.4 Å². The number of alkyl halides is 2. The van der Waals surface area contributed by atoms with Crippen molar-refractivity contribution in [3.63, 3.8) is 0 Å². The predicted molar refractivity (Wildman–Crippen MR) is 109 cm³/mol. The molecule has 0 radical (unpaired) electrons. The minimum atomic E-state index is -2.84. The summed E-state index contributed by atoms with van der Waals surface area (Å²) < 4.78 is 29.4. The molecule has 1 rings (SSSR count). The fraction of sp³-hybridized carbons (Fsp3) is 0.588. The average Bonchev–Trinajstić information content (AvgIpc) is 2.53. The third kappa shape index (κ3) is 9.78. The Morgan fingerprint density at radius 3 is 2.52 bits per heavy atom. The number of guanidine groups is 1. The third-order valence-corrected chi connectivity index (χ3v) is 3.58. The lowest BCUT2D eigenvalue weighted by atomic mass is 10.2. The summed E-state index contributed by atoms with van der Waals surface area (Å²) in [5.74, 6) is 0.813. The molecule has 1 aromatic carbocycles. The maximum atomic E-state index is 12.4. The second kappa shape index (κ2) is 13.1. The molecule has 5 nitrogen and oxygen atoms in total. The van der Waals surface area contributed by atoms with Gasteiger partial charge >= 0.3 is 6.61 Å². The van der Waals surface area contributed by atoms with Gasteiger partial charge in [-0.1, -0.05) is 18.2 Å². The number of halogens is 3. The van der Waals surface area contributed by atoms with Crippen LogP contribution in [0.25, 0.3) is 0 Å². The van der Waals surface area contributed by atoms with E-state index in [1.165, 1.54) is 6.07 Å². The molecular formula is C17H29F2IN4O. The first-order valence-corrected chi connectivity index (χ1v) is 8.19. The number of hydrogen-bond acceptors (Lipinski definition) is 3. The van der Waals surface area contributed by atoms with Crippen LogP contribution in [0.3, 0.4) is 0 Å². The largest absolute Gasteiger partial charge is 0.434 e. The molecule has 1 aromatic rings. The van der Waals surface area contributed by atoms with Crippen molar-refractivity contribution in [3.8, 4) is 5.75 Å². The zero-order valence-corrected chi connectivity index (χ0v) is 17.6. The molecule has 0 spiro atoms. The summed E-state index contributed by atoms with van der Waals surface area (Å²) >= 11 is 0. The van der Waals surface area contributed by atoms with Crippen LogP contribution in [0.2, 0.25) is 0 Å². The molecule has 0 fully saturated rings. The quantitative estimate of drug-likeness (QED) is 0.331. The van der Waals surface area contributed by atoms with Crippen molar-refractivity contribution >= 4 is 29.9 Å². The lowest BCUT2D eigenvalue weighted by molar-refractivity contribution is -0.0504. The van der Waals surface area contributed by atoms with Crippen LogP contribution in [0.1, 0.15) is 26.3 Å². The van der Waals surface area contributed by atoms with Crippen LogP contribution in [-0.2, 0) is 6.54 Å². The van der Waals surface area contributed by atoms with Gasteiger partial charge in [-0.2, -0.15) is 8.78 Å². The van der Waals surface area contributed by atoms with Gasteiger partial charge in [-0.25, -0.2) is 4.99 Å². The molecule has 0 unspecified atom stereocenters. The summed E-state index contributed by atoms with van der Waals surface area (Å²) in [6, 6.07) is 7.17. The molecule has 25 heavy (non-hydrogen) atoms. The molecule has 0 saturated carbocycles. The number of nitrogens with zero attached hydrogens (tertiary/aromatic N) is 2. The minimum absolute atomic E-state index is 0. The van der Waals surface area contributed by atoms with Crippen molar-refractivity contribution < 1.29 is 13.5 Å². The molecule has 8 heteroatoms. The van der Waals surface area contributed by atoms with Gasteiger partial charge in [0.2, 0.25) is 0 Å². The van der Waals surface area contributed by atoms with Crippen LogP contribution in [0.5, 0.6) is 5.75 Å². The van der Waals surface area contributed by atoms with Gasteiger partial charge in [0.15, 0.2) is 5.96 Å². The van der Waals surface area contributed by atoms with Gasteiger partial charge in [-0.15, -0.1) is 24.0 Å². The summed E-state index contributed by atoms with van der Waals surface area (Å²) in [6.07, 6.45) is 0. The highest BCUT2D eigenvalue weighted by molar-refractivity contribution is 14.0. The molecule has 0 amide bonds. The zero-order chi connectivity index (χ0) is 17.9. The Hall–Kier alpha value is -1.16. The van der Waals surface area contributed by atoms with Gasteiger partial charge in [-0.05, 0) is 33.9 Å². The second-order valence-electron chi connectivity index (χ2n) is 5.68. The molecule has 0 aliphatic rings. The monoisotopic (exact) mass is 470 g/mol. The molecule has 2 N–H and O–H groups in total. The van der Waals surface area contributed by atoms with Gasteiger partial charge in [0.25, 0.3) is 0 Å². The minimum Gasteiger partial charge on any atom is -0.434 e. The zero-order valence-electron chi connectivity index (χ0n) is 15.3. The van der Waals surface area contributed by atoms with E-state index in [9.17, 15) is 8.78 Å². The molecule has 0 atom stereocenters. The fourth-order valence-electron chi connectivity index (χ4n) is 1.96. The highest BCUT2D eigenvalue weighted by atomic mass is 127. The van der Waals surface area contributed by atoms with E-state index in [4.69, 9.17) is 0 Å². The Morgan fingerprint density at radius 2 is 1.92 bits per heavy atom. The van der Waals surface area contributed by atoms with Crippen LogP contribution in [0.15, 0.2) is 29.3 Å². The molecule has 0 aliphatic heterocycles. The van der Waals surface area contributed by atoms with E-state index in [0.29, 0.717) is 17.6 Å². The first-order chi connectivity index (χ1) is 11.4. The van der Waals surface area contributed by atoms with Crippen molar-refractivity contribution in [2.45, 2.75) is 40.0 Å². The van der Waals surface area contributed by atoms with Crippen molar-refractivity contribution in [2.75, 3.05) is 26.7 Å². The first kappa shape index (κ1) is 23.8. The van der Waals surface area contributed by atoms with Crippen LogP contribution in [0.4, 0.5) is 8.78 Å². The van der Waals surface area contributed by atoms with Crippen molar-refractivity contribution in [1.29, 1.82) is 0 Å². The van der Waals surface area contributed by atoms with Gasteiger partial charge in [0.05, 0.1) is 6.54 Å². The van der Waals surface area contributed by atoms with Gasteiger partial charge < -0.3 is 20.3 Å². The fourth-order valence-corrected chi connectivity index (χ4v) is 1.96. The molecule has 0 aromatic heterocycles. The van der Waals surface area contributed by atoms with Crippen molar-refractivity contribution in [2.24, 2.45) is 4.99 Å². The standard InChI is InChI=1S/C17H28F2N4O.HI/c1-5-20-17(21-10-11-23(4)13(2)3)22-12-14-8-6-7-9-15(14)24-16(18)19;/h6-9,13,16H,5,10-12H2,1-4H3,(H2,20,21,22);1H. The Balaban J connectivity index is 0.00000576. The number of likely N-dealkylation sites (N-methyl/N-ethyl adjacent to an activating group) is 1. The van der Waals surface area contributed by atoms with Gasteiger partial charge in [0.1, 0.15) is 5.75 Å². The summed E-state index contributed by atoms with van der Waals surface area (Å²) in [5.41, 5.74) is 0.620. The second-order valence-corrected chi connectivity index (χ2v) is 5.68. The normalized spacial score (nSPS) is 11.6. The number of aliphatic imine (C=N–C) groups is 1. The number of rotatable bonds is 9. The van der Waals surface area contributed by atoms with Gasteiger partial charge in [-0.3, -0.25) is 0 Å². The summed E-state index contributed by atoms with van der Waals surface area (Å²) in [4.78, 5) is 6.67. The maximum absolute atomic E-state index is 12.4. The Morgan fingerprint density at radius 1 is 1.24 bits per heavy atom. The lowest BCUT2D eigenvalue weighted by Gasteiger charge is -2.21. The van der Waals surface area contributed by atoms with E-state index in [1.54, 1.807) is 18.2 Å². The van der Waals surface area contributed by atoms with E-state index in [-0.39, 0.29) is 36.3 Å². The highest BCUT2D eigenvalue weighted by Gasteiger charge is 2.09. The van der Waals surface area contributed by atoms with Gasteiger partial charge in [0, 0.05) is 31.2 Å².